The van der Waals surface area contributed by atoms with Gasteiger partial charge in [0.2, 0.25) is 0 Å². The lowest BCUT2D eigenvalue weighted by molar-refractivity contribution is 0.357. The van der Waals surface area contributed by atoms with Gasteiger partial charge in [0.05, 0.1) is 18.0 Å². The highest BCUT2D eigenvalue weighted by Gasteiger charge is 2.14. The Hall–Kier alpha value is -1.81. The van der Waals surface area contributed by atoms with Gasteiger partial charge in [-0.25, -0.2) is 0 Å². The number of hydrogen-bond donors (Lipinski definition) is 1. The number of hydrogen-bond acceptors (Lipinski definition) is 3. The summed E-state index contributed by atoms with van der Waals surface area (Å²) in [5, 5.41) is 4.35. The molecule has 0 radical (unpaired) electrons. The van der Waals surface area contributed by atoms with E-state index < -0.39 is 0 Å². The van der Waals surface area contributed by atoms with E-state index in [-0.39, 0.29) is 6.04 Å². The van der Waals surface area contributed by atoms with E-state index in [1.165, 1.54) is 11.1 Å². The second kappa shape index (κ2) is 5.29. The molecule has 0 saturated carbocycles. The minimum absolute atomic E-state index is 0.0331. The minimum Gasteiger partial charge on any atom is -0.493 e. The largest absolute Gasteiger partial charge is 0.493 e. The third kappa shape index (κ3) is 2.56. The fourth-order valence-corrected chi connectivity index (χ4v) is 2.84. The van der Waals surface area contributed by atoms with Crippen molar-refractivity contribution in [1.29, 1.82) is 0 Å². The van der Waals surface area contributed by atoms with Gasteiger partial charge in [-0.15, -0.1) is 0 Å². The molecular formula is C16H21N3O. The Morgan fingerprint density at radius 1 is 1.40 bits per heavy atom. The van der Waals surface area contributed by atoms with E-state index in [9.17, 15) is 0 Å². The normalized spacial score (nSPS) is 14.9. The fraction of sp³-hybridized carbons (Fsp3) is 0.438. The highest BCUT2D eigenvalue weighted by molar-refractivity contribution is 5.39. The predicted octanol–water partition coefficient (Wildman–Crippen LogP) is 2.30. The van der Waals surface area contributed by atoms with Crippen molar-refractivity contribution in [3.8, 4) is 5.75 Å². The first-order valence-electron chi connectivity index (χ1n) is 7.14. The smallest absolute Gasteiger partial charge is 0.122 e. The predicted molar refractivity (Wildman–Crippen MR) is 78.8 cm³/mol. The van der Waals surface area contributed by atoms with Gasteiger partial charge in [-0.05, 0) is 43.0 Å². The molecule has 4 nitrogen and oxygen atoms in total. The Bertz CT molecular complexity index is 618. The van der Waals surface area contributed by atoms with E-state index in [0.29, 0.717) is 0 Å². The molecule has 4 heteroatoms. The molecule has 0 aliphatic carbocycles. The molecule has 0 fully saturated rings. The molecule has 2 N–H and O–H groups in total. The lowest BCUT2D eigenvalue weighted by Gasteiger charge is -2.12. The number of nitrogens with zero attached hydrogens (tertiary/aromatic N) is 2. The number of rotatable bonds is 4. The van der Waals surface area contributed by atoms with Crippen LogP contribution in [0.5, 0.6) is 5.75 Å². The number of nitrogens with two attached hydrogens (primary N) is 1. The van der Waals surface area contributed by atoms with Crippen molar-refractivity contribution in [2.75, 3.05) is 6.61 Å². The molecule has 0 amide bonds. The van der Waals surface area contributed by atoms with Crippen LogP contribution in [0.2, 0.25) is 0 Å². The molecule has 1 aromatic heterocycles. The number of benzene rings is 1. The van der Waals surface area contributed by atoms with Crippen molar-refractivity contribution in [2.45, 2.75) is 32.2 Å². The third-order valence-corrected chi connectivity index (χ3v) is 3.92. The second-order valence-electron chi connectivity index (χ2n) is 5.52. The highest BCUT2D eigenvalue weighted by atomic mass is 16.5. The Balaban J connectivity index is 1.66. The molecule has 1 aromatic carbocycles. The van der Waals surface area contributed by atoms with Gasteiger partial charge in [0.25, 0.3) is 0 Å². The molecule has 0 bridgehead atoms. The summed E-state index contributed by atoms with van der Waals surface area (Å²) in [5.41, 5.74) is 11.1. The third-order valence-electron chi connectivity index (χ3n) is 3.92. The summed E-state index contributed by atoms with van der Waals surface area (Å²) >= 11 is 0. The Labute approximate surface area is 119 Å². The molecule has 20 heavy (non-hydrogen) atoms. The lowest BCUT2D eigenvalue weighted by Crippen LogP contribution is -2.15. The number of ether oxygens (including phenoxy) is 1. The summed E-state index contributed by atoms with van der Waals surface area (Å²) in [4.78, 5) is 0. The van der Waals surface area contributed by atoms with E-state index >= 15 is 0 Å². The summed E-state index contributed by atoms with van der Waals surface area (Å²) < 4.78 is 7.42. The maximum atomic E-state index is 6.28. The summed E-state index contributed by atoms with van der Waals surface area (Å²) in [6.07, 6.45) is 2.94. The van der Waals surface area contributed by atoms with Crippen LogP contribution in [0.15, 0.2) is 24.3 Å². The molecule has 106 valence electrons. The van der Waals surface area contributed by atoms with Gasteiger partial charge in [0.1, 0.15) is 5.75 Å². The van der Waals surface area contributed by atoms with Crippen molar-refractivity contribution in [1.82, 2.24) is 9.78 Å². The molecule has 1 atom stereocenters. The minimum atomic E-state index is 0.0331. The number of aryl methyl sites for hydroxylation is 3. The van der Waals surface area contributed by atoms with Crippen LogP contribution in [-0.2, 0) is 19.9 Å². The van der Waals surface area contributed by atoms with Crippen molar-refractivity contribution in [3.05, 3.63) is 46.8 Å². The SMILES string of the molecule is Cc1cc(C(N)CCc2ccc3c(c2)CCO3)n(C)n1. The van der Waals surface area contributed by atoms with Gasteiger partial charge < -0.3 is 10.5 Å². The Morgan fingerprint density at radius 3 is 3.00 bits per heavy atom. The molecule has 2 aromatic rings. The van der Waals surface area contributed by atoms with Crippen LogP contribution < -0.4 is 10.5 Å². The second-order valence-corrected chi connectivity index (χ2v) is 5.52. The van der Waals surface area contributed by atoms with Crippen LogP contribution in [0.1, 0.15) is 35.0 Å². The van der Waals surface area contributed by atoms with Crippen LogP contribution >= 0.6 is 0 Å². The van der Waals surface area contributed by atoms with Gasteiger partial charge in [-0.3, -0.25) is 4.68 Å². The quantitative estimate of drug-likeness (QED) is 0.928. The average molecular weight is 271 g/mol. The lowest BCUT2D eigenvalue weighted by atomic mass is 10.0. The van der Waals surface area contributed by atoms with E-state index in [2.05, 4.69) is 29.4 Å². The number of aromatic nitrogens is 2. The van der Waals surface area contributed by atoms with Crippen LogP contribution in [0.25, 0.3) is 0 Å². The van der Waals surface area contributed by atoms with Gasteiger partial charge in [0.15, 0.2) is 0 Å². The first kappa shape index (κ1) is 13.2. The van der Waals surface area contributed by atoms with Crippen molar-refractivity contribution < 1.29 is 4.74 Å². The van der Waals surface area contributed by atoms with Gasteiger partial charge in [0, 0.05) is 19.5 Å². The maximum Gasteiger partial charge on any atom is 0.122 e. The standard InChI is InChI=1S/C16H21N3O/c1-11-9-15(19(2)18-11)14(17)5-3-12-4-6-16-13(10-12)7-8-20-16/h4,6,9-10,14H,3,5,7-8,17H2,1-2H3. The molecule has 1 aliphatic rings. The van der Waals surface area contributed by atoms with Crippen LogP contribution in [0.4, 0.5) is 0 Å². The summed E-state index contributed by atoms with van der Waals surface area (Å²) in [6.45, 7) is 2.81. The molecule has 0 spiro atoms. The van der Waals surface area contributed by atoms with E-state index in [4.69, 9.17) is 10.5 Å². The van der Waals surface area contributed by atoms with E-state index in [1.54, 1.807) is 0 Å². The van der Waals surface area contributed by atoms with Gasteiger partial charge in [-0.1, -0.05) is 12.1 Å². The zero-order valence-corrected chi connectivity index (χ0v) is 12.1. The summed E-state index contributed by atoms with van der Waals surface area (Å²) in [7, 11) is 1.95. The summed E-state index contributed by atoms with van der Waals surface area (Å²) in [6, 6.07) is 8.58. The van der Waals surface area contributed by atoms with Gasteiger partial charge in [-0.2, -0.15) is 5.10 Å². The maximum absolute atomic E-state index is 6.28. The number of fused-ring (bicyclic) bond motifs is 1. The molecule has 1 aliphatic heterocycles. The average Bonchev–Trinajstić information content (AvgIpc) is 3.01. The fourth-order valence-electron chi connectivity index (χ4n) is 2.84. The topological polar surface area (TPSA) is 53.1 Å². The van der Waals surface area contributed by atoms with Gasteiger partial charge >= 0.3 is 0 Å². The van der Waals surface area contributed by atoms with Crippen molar-refractivity contribution in [2.24, 2.45) is 12.8 Å². The van der Waals surface area contributed by atoms with Crippen LogP contribution in [0.3, 0.4) is 0 Å². The molecular weight excluding hydrogens is 250 g/mol. The zero-order chi connectivity index (χ0) is 14.1. The Kier molecular flexibility index (Phi) is 3.49. The van der Waals surface area contributed by atoms with Crippen molar-refractivity contribution >= 4 is 0 Å². The van der Waals surface area contributed by atoms with E-state index in [1.807, 2.05) is 18.7 Å². The van der Waals surface area contributed by atoms with Crippen LogP contribution in [0, 0.1) is 6.92 Å². The highest BCUT2D eigenvalue weighted by Crippen LogP contribution is 2.27. The zero-order valence-electron chi connectivity index (χ0n) is 12.1. The summed E-state index contributed by atoms with van der Waals surface area (Å²) in [5.74, 6) is 1.04. The molecule has 2 heterocycles. The first-order valence-corrected chi connectivity index (χ1v) is 7.14. The molecule has 3 rings (SSSR count). The molecule has 1 unspecified atom stereocenters. The Morgan fingerprint density at radius 2 is 2.25 bits per heavy atom. The van der Waals surface area contributed by atoms with E-state index in [0.717, 1.165) is 43.0 Å². The monoisotopic (exact) mass is 271 g/mol. The van der Waals surface area contributed by atoms with Crippen molar-refractivity contribution in [3.63, 3.8) is 0 Å². The molecule has 0 saturated heterocycles. The first-order chi connectivity index (χ1) is 9.63. The van der Waals surface area contributed by atoms with Crippen LogP contribution in [-0.4, -0.2) is 16.4 Å².